The second-order valence-electron chi connectivity index (χ2n) is 7.27. The number of nitrogens with one attached hydrogen (secondary N) is 1. The van der Waals surface area contributed by atoms with E-state index < -0.39 is 5.91 Å². The first-order valence-corrected chi connectivity index (χ1v) is 10.0. The second kappa shape index (κ2) is 10.4. The molecular weight excluding hydrogens is 394 g/mol. The van der Waals surface area contributed by atoms with Gasteiger partial charge in [0.05, 0.1) is 13.2 Å². The predicted octanol–water partition coefficient (Wildman–Crippen LogP) is 3.09. The fourth-order valence-electron chi connectivity index (χ4n) is 3.04. The smallest absolute Gasteiger partial charge is 0.266 e. The SMILES string of the molecule is Cc1ccc(NC(=O)C(C#N)=Cc2ccc(OCC(=O)N3CCOCC3)cc2)cc1C. The summed E-state index contributed by atoms with van der Waals surface area (Å²) in [6.45, 7) is 6.16. The molecule has 0 spiro atoms. The van der Waals surface area contributed by atoms with Crippen molar-refractivity contribution >= 4 is 23.6 Å². The minimum Gasteiger partial charge on any atom is -0.484 e. The van der Waals surface area contributed by atoms with Crippen molar-refractivity contribution in [3.63, 3.8) is 0 Å². The van der Waals surface area contributed by atoms with Crippen molar-refractivity contribution in [2.45, 2.75) is 13.8 Å². The third-order valence-electron chi connectivity index (χ3n) is 5.05. The quantitative estimate of drug-likeness (QED) is 0.574. The van der Waals surface area contributed by atoms with E-state index >= 15 is 0 Å². The fourth-order valence-corrected chi connectivity index (χ4v) is 3.04. The molecule has 1 saturated heterocycles. The summed E-state index contributed by atoms with van der Waals surface area (Å²) in [6, 6.07) is 14.4. The molecule has 1 heterocycles. The average Bonchev–Trinajstić information content (AvgIpc) is 2.79. The van der Waals surface area contributed by atoms with E-state index in [2.05, 4.69) is 5.32 Å². The number of amides is 2. The molecule has 0 bridgehead atoms. The van der Waals surface area contributed by atoms with Gasteiger partial charge in [-0.2, -0.15) is 5.26 Å². The lowest BCUT2D eigenvalue weighted by Crippen LogP contribution is -2.42. The molecule has 0 unspecified atom stereocenters. The molecule has 1 aliphatic heterocycles. The molecule has 7 heteroatoms. The zero-order valence-electron chi connectivity index (χ0n) is 17.7. The van der Waals surface area contributed by atoms with Gasteiger partial charge in [0, 0.05) is 18.8 Å². The molecule has 2 aromatic rings. The number of hydrogen-bond donors (Lipinski definition) is 1. The lowest BCUT2D eigenvalue weighted by Gasteiger charge is -2.26. The maximum atomic E-state index is 12.5. The van der Waals surface area contributed by atoms with Gasteiger partial charge in [0.15, 0.2) is 6.61 Å². The van der Waals surface area contributed by atoms with Gasteiger partial charge in [-0.25, -0.2) is 0 Å². The number of benzene rings is 2. The number of rotatable bonds is 6. The Labute approximate surface area is 181 Å². The van der Waals surface area contributed by atoms with E-state index in [-0.39, 0.29) is 18.1 Å². The van der Waals surface area contributed by atoms with E-state index in [4.69, 9.17) is 9.47 Å². The number of ether oxygens (including phenoxy) is 2. The van der Waals surface area contributed by atoms with Gasteiger partial charge < -0.3 is 19.7 Å². The van der Waals surface area contributed by atoms with Crippen LogP contribution >= 0.6 is 0 Å². The molecule has 0 radical (unpaired) electrons. The Hall–Kier alpha value is -3.63. The molecule has 1 N–H and O–H groups in total. The molecule has 0 aliphatic carbocycles. The molecule has 0 atom stereocenters. The number of nitriles is 1. The summed E-state index contributed by atoms with van der Waals surface area (Å²) in [5, 5.41) is 12.2. The summed E-state index contributed by atoms with van der Waals surface area (Å²) < 4.78 is 10.8. The highest BCUT2D eigenvalue weighted by Gasteiger charge is 2.17. The van der Waals surface area contributed by atoms with E-state index in [1.165, 1.54) is 6.08 Å². The van der Waals surface area contributed by atoms with Gasteiger partial charge in [-0.15, -0.1) is 0 Å². The van der Waals surface area contributed by atoms with Gasteiger partial charge in [-0.1, -0.05) is 18.2 Å². The number of morpholine rings is 1. The molecule has 7 nitrogen and oxygen atoms in total. The Morgan fingerprint density at radius 2 is 1.84 bits per heavy atom. The number of aryl methyl sites for hydroxylation is 2. The molecule has 160 valence electrons. The minimum atomic E-state index is -0.470. The summed E-state index contributed by atoms with van der Waals surface area (Å²) in [7, 11) is 0. The van der Waals surface area contributed by atoms with Crippen LogP contribution in [0, 0.1) is 25.2 Å². The summed E-state index contributed by atoms with van der Waals surface area (Å²) in [5.74, 6) is -0.0129. The van der Waals surface area contributed by atoms with E-state index in [0.717, 1.165) is 11.1 Å². The van der Waals surface area contributed by atoms with Crippen molar-refractivity contribution < 1.29 is 19.1 Å². The molecule has 3 rings (SSSR count). The molecule has 2 aromatic carbocycles. The first kappa shape index (κ1) is 22.1. The Morgan fingerprint density at radius 3 is 2.48 bits per heavy atom. The van der Waals surface area contributed by atoms with Gasteiger partial charge in [-0.05, 0) is 60.9 Å². The van der Waals surface area contributed by atoms with Crippen LogP contribution in [0.4, 0.5) is 5.69 Å². The van der Waals surface area contributed by atoms with Crippen molar-refractivity contribution in [1.82, 2.24) is 4.90 Å². The van der Waals surface area contributed by atoms with E-state index in [1.54, 1.807) is 35.2 Å². The van der Waals surface area contributed by atoms with Crippen molar-refractivity contribution in [2.75, 3.05) is 38.2 Å². The highest BCUT2D eigenvalue weighted by molar-refractivity contribution is 6.09. The number of anilines is 1. The maximum absolute atomic E-state index is 12.5. The first-order chi connectivity index (χ1) is 15.0. The largest absolute Gasteiger partial charge is 0.484 e. The van der Waals surface area contributed by atoms with Crippen molar-refractivity contribution in [1.29, 1.82) is 5.26 Å². The number of nitrogens with zero attached hydrogens (tertiary/aromatic N) is 2. The Kier molecular flexibility index (Phi) is 7.41. The van der Waals surface area contributed by atoms with Crippen LogP contribution < -0.4 is 10.1 Å². The standard InChI is InChI=1S/C24H25N3O4/c1-17-3-6-21(13-18(17)2)26-24(29)20(15-25)14-19-4-7-22(8-5-19)31-16-23(28)27-9-11-30-12-10-27/h3-8,13-14H,9-12,16H2,1-2H3,(H,26,29). The molecule has 1 fully saturated rings. The van der Waals surface area contributed by atoms with Gasteiger partial charge in [0.1, 0.15) is 17.4 Å². The number of hydrogen-bond acceptors (Lipinski definition) is 5. The lowest BCUT2D eigenvalue weighted by atomic mass is 10.1. The Bertz CT molecular complexity index is 1020. The van der Waals surface area contributed by atoms with Gasteiger partial charge in [-0.3, -0.25) is 9.59 Å². The summed E-state index contributed by atoms with van der Waals surface area (Å²) in [6.07, 6.45) is 1.51. The van der Waals surface area contributed by atoms with Crippen LogP contribution in [0.15, 0.2) is 48.0 Å². The van der Waals surface area contributed by atoms with Crippen LogP contribution in [0.1, 0.15) is 16.7 Å². The summed E-state index contributed by atoms with van der Waals surface area (Å²) >= 11 is 0. The molecular formula is C24H25N3O4. The zero-order valence-corrected chi connectivity index (χ0v) is 17.7. The maximum Gasteiger partial charge on any atom is 0.266 e. The topological polar surface area (TPSA) is 91.7 Å². The molecule has 0 aromatic heterocycles. The van der Waals surface area contributed by atoms with Crippen LogP contribution in [0.2, 0.25) is 0 Å². The summed E-state index contributed by atoms with van der Waals surface area (Å²) in [5.41, 5.74) is 3.50. The number of carbonyl (C=O) groups is 2. The first-order valence-electron chi connectivity index (χ1n) is 10.0. The van der Waals surface area contributed by atoms with Gasteiger partial charge in [0.2, 0.25) is 0 Å². The van der Waals surface area contributed by atoms with E-state index in [1.807, 2.05) is 32.0 Å². The van der Waals surface area contributed by atoms with Crippen LogP contribution in [0.5, 0.6) is 5.75 Å². The predicted molar refractivity (Wildman–Crippen MR) is 117 cm³/mol. The average molecular weight is 419 g/mol. The minimum absolute atomic E-state index is 0.00519. The van der Waals surface area contributed by atoms with Crippen LogP contribution in [-0.4, -0.2) is 49.6 Å². The van der Waals surface area contributed by atoms with Crippen LogP contribution in [-0.2, 0) is 14.3 Å². The normalized spacial score (nSPS) is 14.0. The van der Waals surface area contributed by atoms with Crippen LogP contribution in [0.3, 0.4) is 0 Å². The third-order valence-corrected chi connectivity index (χ3v) is 5.05. The molecule has 31 heavy (non-hydrogen) atoms. The van der Waals surface area contributed by atoms with Crippen molar-refractivity contribution in [2.24, 2.45) is 0 Å². The molecule has 1 aliphatic rings. The second-order valence-corrected chi connectivity index (χ2v) is 7.27. The monoisotopic (exact) mass is 419 g/mol. The van der Waals surface area contributed by atoms with Crippen molar-refractivity contribution in [3.8, 4) is 11.8 Å². The Morgan fingerprint density at radius 1 is 1.13 bits per heavy atom. The molecule has 2 amide bonds. The van der Waals surface area contributed by atoms with Crippen molar-refractivity contribution in [3.05, 3.63) is 64.7 Å². The van der Waals surface area contributed by atoms with E-state index in [9.17, 15) is 14.9 Å². The molecule has 0 saturated carbocycles. The van der Waals surface area contributed by atoms with Gasteiger partial charge >= 0.3 is 0 Å². The fraction of sp³-hybridized carbons (Fsp3) is 0.292. The zero-order chi connectivity index (χ0) is 22.2. The Balaban J connectivity index is 1.59. The van der Waals surface area contributed by atoms with Crippen LogP contribution in [0.25, 0.3) is 6.08 Å². The number of carbonyl (C=O) groups excluding carboxylic acids is 2. The third kappa shape index (κ3) is 6.17. The summed E-state index contributed by atoms with van der Waals surface area (Å²) in [4.78, 5) is 26.3. The highest BCUT2D eigenvalue weighted by atomic mass is 16.5. The lowest BCUT2D eigenvalue weighted by molar-refractivity contribution is -0.137. The van der Waals surface area contributed by atoms with Gasteiger partial charge in [0.25, 0.3) is 11.8 Å². The highest BCUT2D eigenvalue weighted by Crippen LogP contribution is 2.17. The van der Waals surface area contributed by atoms with E-state index in [0.29, 0.717) is 43.3 Å².